The van der Waals surface area contributed by atoms with E-state index in [0.717, 1.165) is 37.0 Å². The van der Waals surface area contributed by atoms with E-state index in [-0.39, 0.29) is 17.9 Å². The van der Waals surface area contributed by atoms with Gasteiger partial charge in [0, 0.05) is 18.7 Å². The molecule has 0 unspecified atom stereocenters. The molecule has 1 heterocycles. The number of hydrogen-bond donors (Lipinski definition) is 1. The van der Waals surface area contributed by atoms with Gasteiger partial charge in [-0.05, 0) is 48.2 Å². The van der Waals surface area contributed by atoms with Crippen LogP contribution in [0.2, 0.25) is 0 Å². The minimum Gasteiger partial charge on any atom is -0.497 e. The average Bonchev–Trinajstić information content (AvgIpc) is 3.13. The molecular formula is C27H34N2O5. The molecule has 7 heteroatoms. The number of ether oxygens (including phenoxy) is 3. The van der Waals surface area contributed by atoms with Crippen LogP contribution in [0.5, 0.6) is 17.2 Å². The lowest BCUT2D eigenvalue weighted by molar-refractivity contribution is -0.124. The maximum Gasteiger partial charge on any atom is 0.254 e. The zero-order chi connectivity index (χ0) is 24.2. The van der Waals surface area contributed by atoms with E-state index in [9.17, 15) is 9.59 Å². The Hall–Kier alpha value is -3.22. The first-order chi connectivity index (χ1) is 16.5. The third-order valence-corrected chi connectivity index (χ3v) is 7.12. The number of nitrogens with one attached hydrogen (secondary N) is 1. The molecule has 0 radical (unpaired) electrons. The lowest BCUT2D eigenvalue weighted by atomic mass is 9.79. The molecule has 1 N–H and O–H groups in total. The van der Waals surface area contributed by atoms with Gasteiger partial charge in [-0.1, -0.05) is 37.8 Å². The number of rotatable bonds is 6. The highest BCUT2D eigenvalue weighted by Gasteiger charge is 2.44. The van der Waals surface area contributed by atoms with E-state index in [2.05, 4.69) is 5.32 Å². The third kappa shape index (κ3) is 4.56. The van der Waals surface area contributed by atoms with Crippen LogP contribution in [0.1, 0.15) is 72.0 Å². The lowest BCUT2D eigenvalue weighted by Crippen LogP contribution is -2.47. The number of carbonyl (C=O) groups is 2. The molecule has 0 spiro atoms. The normalized spacial score (nSPS) is 20.8. The van der Waals surface area contributed by atoms with Crippen LogP contribution in [0.25, 0.3) is 0 Å². The van der Waals surface area contributed by atoms with Crippen molar-refractivity contribution < 1.29 is 23.8 Å². The molecule has 2 aliphatic rings. The van der Waals surface area contributed by atoms with Crippen LogP contribution in [0.4, 0.5) is 0 Å². The van der Waals surface area contributed by atoms with Gasteiger partial charge in [0.2, 0.25) is 5.91 Å². The summed E-state index contributed by atoms with van der Waals surface area (Å²) in [6, 6.07) is 10.7. The summed E-state index contributed by atoms with van der Waals surface area (Å²) in [5.74, 6) is 0.873. The maximum atomic E-state index is 13.9. The van der Waals surface area contributed by atoms with E-state index in [1.807, 2.05) is 24.3 Å². The minimum atomic E-state index is -0.589. The molecule has 2 amide bonds. The summed E-state index contributed by atoms with van der Waals surface area (Å²) in [5.41, 5.74) is 2.00. The number of methoxy groups -OCH3 is 3. The zero-order valence-corrected chi connectivity index (χ0v) is 20.4. The fraction of sp³-hybridized carbons (Fsp3) is 0.481. The molecule has 0 aromatic heterocycles. The van der Waals surface area contributed by atoms with E-state index in [4.69, 9.17) is 14.2 Å². The largest absolute Gasteiger partial charge is 0.497 e. The Labute approximate surface area is 201 Å². The van der Waals surface area contributed by atoms with Gasteiger partial charge < -0.3 is 24.4 Å². The minimum absolute atomic E-state index is 0.0689. The highest BCUT2D eigenvalue weighted by Crippen LogP contribution is 2.46. The van der Waals surface area contributed by atoms with Crippen LogP contribution in [-0.2, 0) is 4.79 Å². The zero-order valence-electron chi connectivity index (χ0n) is 20.4. The average molecular weight is 467 g/mol. The molecule has 1 aliphatic carbocycles. The second-order valence-electron chi connectivity index (χ2n) is 9.10. The summed E-state index contributed by atoms with van der Waals surface area (Å²) >= 11 is 0. The number of likely N-dealkylation sites (N-methyl/N-ethyl adjacent to an activating group) is 1. The van der Waals surface area contributed by atoms with Crippen molar-refractivity contribution >= 4 is 11.8 Å². The van der Waals surface area contributed by atoms with Gasteiger partial charge in [0.05, 0.1) is 33.3 Å². The monoisotopic (exact) mass is 466 g/mol. The Kier molecular flexibility index (Phi) is 7.29. The van der Waals surface area contributed by atoms with Crippen LogP contribution >= 0.6 is 0 Å². The molecular weight excluding hydrogens is 432 g/mol. The number of nitrogens with zero attached hydrogens (tertiary/aromatic N) is 1. The molecule has 182 valence electrons. The van der Waals surface area contributed by atoms with Crippen LogP contribution in [0.3, 0.4) is 0 Å². The quantitative estimate of drug-likeness (QED) is 0.636. The molecule has 1 saturated carbocycles. The molecule has 2 aromatic carbocycles. The Balaban J connectivity index is 1.80. The first-order valence-electron chi connectivity index (χ1n) is 12.0. The molecule has 7 nitrogen and oxygen atoms in total. The highest BCUT2D eigenvalue weighted by molar-refractivity contribution is 6.02. The molecule has 0 saturated heterocycles. The van der Waals surface area contributed by atoms with E-state index < -0.39 is 12.0 Å². The number of amides is 2. The van der Waals surface area contributed by atoms with Gasteiger partial charge in [0.25, 0.3) is 5.91 Å². The first kappa shape index (κ1) is 23.9. The summed E-state index contributed by atoms with van der Waals surface area (Å²) in [5, 5.41) is 3.32. The molecule has 0 bridgehead atoms. The Morgan fingerprint density at radius 1 is 0.912 bits per heavy atom. The van der Waals surface area contributed by atoms with Gasteiger partial charge in [-0.25, -0.2) is 0 Å². The van der Waals surface area contributed by atoms with Crippen LogP contribution in [0, 0.1) is 0 Å². The molecule has 4 rings (SSSR count). The predicted molar refractivity (Wildman–Crippen MR) is 130 cm³/mol. The topological polar surface area (TPSA) is 77.1 Å². The summed E-state index contributed by atoms with van der Waals surface area (Å²) in [6.45, 7) is 0. The van der Waals surface area contributed by atoms with Gasteiger partial charge in [-0.15, -0.1) is 0 Å². The number of benzene rings is 2. The van der Waals surface area contributed by atoms with Crippen molar-refractivity contribution in [1.29, 1.82) is 0 Å². The van der Waals surface area contributed by atoms with Crippen molar-refractivity contribution in [3.8, 4) is 17.2 Å². The van der Waals surface area contributed by atoms with Crippen molar-refractivity contribution in [1.82, 2.24) is 10.2 Å². The standard InChI is InChI=1S/C27H34N2O5/c1-29-25(17-11-13-19(32-2)14-12-17)24(26(30)28-18-9-7-5-6-8-10-18)20-15-22(33-3)23(34-4)16-21(20)27(29)31/h11-16,18,24-25H,5-10H2,1-4H3,(H,28,30)/t24-,25-/m0/s1. The van der Waals surface area contributed by atoms with Crippen molar-refractivity contribution in [2.24, 2.45) is 0 Å². The van der Waals surface area contributed by atoms with E-state index >= 15 is 0 Å². The maximum absolute atomic E-state index is 13.9. The second-order valence-corrected chi connectivity index (χ2v) is 9.10. The molecule has 1 aliphatic heterocycles. The van der Waals surface area contributed by atoms with E-state index in [0.29, 0.717) is 22.6 Å². The molecule has 2 atom stereocenters. The van der Waals surface area contributed by atoms with Gasteiger partial charge >= 0.3 is 0 Å². The molecule has 1 fully saturated rings. The van der Waals surface area contributed by atoms with Crippen LogP contribution in [0.15, 0.2) is 36.4 Å². The summed E-state index contributed by atoms with van der Waals surface area (Å²) in [6.07, 6.45) is 6.64. The van der Waals surface area contributed by atoms with Gasteiger partial charge in [0.1, 0.15) is 5.75 Å². The van der Waals surface area contributed by atoms with Gasteiger partial charge in [-0.2, -0.15) is 0 Å². The third-order valence-electron chi connectivity index (χ3n) is 7.12. The second kappa shape index (κ2) is 10.4. The first-order valence-corrected chi connectivity index (χ1v) is 12.0. The lowest BCUT2D eigenvalue weighted by Gasteiger charge is -2.40. The smallest absolute Gasteiger partial charge is 0.254 e. The fourth-order valence-electron chi connectivity index (χ4n) is 5.26. The van der Waals surface area contributed by atoms with E-state index in [1.54, 1.807) is 38.3 Å². The summed E-state index contributed by atoms with van der Waals surface area (Å²) < 4.78 is 16.3. The molecule has 34 heavy (non-hydrogen) atoms. The Bertz CT molecular complexity index is 1030. The Morgan fingerprint density at radius 2 is 1.53 bits per heavy atom. The van der Waals surface area contributed by atoms with Gasteiger partial charge in [0.15, 0.2) is 11.5 Å². The Morgan fingerprint density at radius 3 is 2.12 bits per heavy atom. The van der Waals surface area contributed by atoms with Crippen LogP contribution in [-0.4, -0.2) is 51.1 Å². The molecule has 2 aromatic rings. The van der Waals surface area contributed by atoms with Crippen molar-refractivity contribution in [3.05, 3.63) is 53.1 Å². The SMILES string of the molecule is COc1ccc([C@H]2[C@@H](C(=O)NC3CCCCCC3)c3cc(OC)c(OC)cc3C(=O)N2C)cc1. The number of fused-ring (bicyclic) bond motifs is 1. The van der Waals surface area contributed by atoms with Crippen LogP contribution < -0.4 is 19.5 Å². The predicted octanol–water partition coefficient (Wildman–Crippen LogP) is 4.46. The van der Waals surface area contributed by atoms with Crippen molar-refractivity contribution in [3.63, 3.8) is 0 Å². The van der Waals surface area contributed by atoms with E-state index in [1.165, 1.54) is 20.0 Å². The van der Waals surface area contributed by atoms with Gasteiger partial charge in [-0.3, -0.25) is 9.59 Å². The number of carbonyl (C=O) groups excluding carboxylic acids is 2. The number of hydrogen-bond acceptors (Lipinski definition) is 5. The van der Waals surface area contributed by atoms with Crippen molar-refractivity contribution in [2.45, 2.75) is 56.5 Å². The fourth-order valence-corrected chi connectivity index (χ4v) is 5.26. The summed E-state index contributed by atoms with van der Waals surface area (Å²) in [7, 11) is 6.47. The summed E-state index contributed by atoms with van der Waals surface area (Å²) in [4.78, 5) is 29.0. The van der Waals surface area contributed by atoms with Crippen molar-refractivity contribution in [2.75, 3.05) is 28.4 Å². The highest BCUT2D eigenvalue weighted by atomic mass is 16.5.